The molecule has 0 aliphatic carbocycles. The van der Waals surface area contributed by atoms with Gasteiger partial charge in [0.1, 0.15) is 0 Å². The van der Waals surface area contributed by atoms with Gasteiger partial charge in [-0.1, -0.05) is 0 Å². The summed E-state index contributed by atoms with van der Waals surface area (Å²) in [7, 11) is -2.96. The summed E-state index contributed by atoms with van der Waals surface area (Å²) in [6, 6.07) is 1.85. The third kappa shape index (κ3) is 3.02. The van der Waals surface area contributed by atoms with Crippen LogP contribution in [0, 0.1) is 13.8 Å². The molecule has 134 valence electrons. The van der Waals surface area contributed by atoms with Gasteiger partial charge >= 0.3 is 0 Å². The Morgan fingerprint density at radius 2 is 2.16 bits per heavy atom. The van der Waals surface area contributed by atoms with Gasteiger partial charge in [0.15, 0.2) is 9.84 Å². The number of fused-ring (bicyclic) bond motifs is 1. The zero-order valence-corrected chi connectivity index (χ0v) is 16.4. The molecule has 0 spiro atoms. The maximum atomic E-state index is 12.0. The van der Waals surface area contributed by atoms with Gasteiger partial charge in [0.05, 0.1) is 39.9 Å². The second-order valence-electron chi connectivity index (χ2n) is 6.52. The van der Waals surface area contributed by atoms with Crippen LogP contribution in [0.2, 0.25) is 0 Å². The van der Waals surface area contributed by atoms with Crippen molar-refractivity contribution >= 4 is 44.5 Å². The van der Waals surface area contributed by atoms with Crippen molar-refractivity contribution in [1.82, 2.24) is 9.78 Å². The molecule has 2 aromatic heterocycles. The first-order chi connectivity index (χ1) is 11.9. The normalized spacial score (nSPS) is 25.4. The van der Waals surface area contributed by atoms with E-state index in [1.165, 1.54) is 0 Å². The summed E-state index contributed by atoms with van der Waals surface area (Å²) in [5, 5.41) is 9.67. The van der Waals surface area contributed by atoms with Gasteiger partial charge in [0.25, 0.3) is 0 Å². The zero-order chi connectivity index (χ0) is 17.8. The van der Waals surface area contributed by atoms with Crippen LogP contribution >= 0.6 is 23.1 Å². The first-order valence-corrected chi connectivity index (χ1v) is 11.9. The average Bonchev–Trinajstić information content (AvgIpc) is 3.18. The highest BCUT2D eigenvalue weighted by molar-refractivity contribution is 8.00. The largest absolute Gasteiger partial charge is 0.324 e. The van der Waals surface area contributed by atoms with E-state index in [0.29, 0.717) is 12.2 Å². The maximum absolute atomic E-state index is 12.0. The summed E-state index contributed by atoms with van der Waals surface area (Å²) in [6.07, 6.45) is 0.617. The number of hydrogen-bond donors (Lipinski definition) is 1. The first-order valence-electron chi connectivity index (χ1n) is 8.10. The molecule has 1 N–H and O–H groups in total. The number of carbonyl (C=O) groups is 1. The van der Waals surface area contributed by atoms with Crippen LogP contribution < -0.4 is 5.32 Å². The smallest absolute Gasteiger partial charge is 0.234 e. The van der Waals surface area contributed by atoms with E-state index in [1.807, 2.05) is 30.0 Å². The van der Waals surface area contributed by atoms with E-state index in [4.69, 9.17) is 0 Å². The van der Waals surface area contributed by atoms with Gasteiger partial charge in [-0.3, -0.25) is 9.48 Å². The lowest BCUT2D eigenvalue weighted by Gasteiger charge is -2.16. The predicted molar refractivity (Wildman–Crippen MR) is 101 cm³/mol. The molecule has 1 amide bonds. The van der Waals surface area contributed by atoms with Crippen LogP contribution in [-0.2, 0) is 14.6 Å². The lowest BCUT2D eigenvalue weighted by molar-refractivity contribution is -0.113. The molecular weight excluding hydrogens is 378 g/mol. The summed E-state index contributed by atoms with van der Waals surface area (Å²) in [5.41, 5.74) is 3.90. The summed E-state index contributed by atoms with van der Waals surface area (Å²) < 4.78 is 25.6. The number of sulfone groups is 1. The Morgan fingerprint density at radius 1 is 1.36 bits per heavy atom. The van der Waals surface area contributed by atoms with Crippen molar-refractivity contribution in [3.05, 3.63) is 33.3 Å². The van der Waals surface area contributed by atoms with Gasteiger partial charge in [0, 0.05) is 16.1 Å². The molecule has 0 bridgehead atoms. The molecular formula is C16H19N3O3S3. The van der Waals surface area contributed by atoms with E-state index < -0.39 is 9.84 Å². The molecule has 0 radical (unpaired) electrons. The molecule has 1 fully saturated rings. The van der Waals surface area contributed by atoms with E-state index in [0.717, 1.165) is 27.5 Å². The Balaban J connectivity index is 1.76. The molecule has 6 nitrogen and oxygen atoms in total. The third-order valence-electron chi connectivity index (χ3n) is 4.79. The highest BCUT2D eigenvalue weighted by Gasteiger charge is 2.34. The first kappa shape index (κ1) is 17.1. The van der Waals surface area contributed by atoms with E-state index >= 15 is 0 Å². The molecule has 2 aliphatic heterocycles. The van der Waals surface area contributed by atoms with E-state index in [-0.39, 0.29) is 28.7 Å². The molecule has 2 aliphatic rings. The minimum absolute atomic E-state index is 0.0109. The average molecular weight is 398 g/mol. The molecule has 0 saturated carbocycles. The second-order valence-corrected chi connectivity index (χ2v) is 10.8. The van der Waals surface area contributed by atoms with Crippen molar-refractivity contribution in [2.24, 2.45) is 0 Å². The summed E-state index contributed by atoms with van der Waals surface area (Å²) in [6.45, 7) is 3.98. The molecule has 1 saturated heterocycles. The fourth-order valence-corrected chi connectivity index (χ4v) is 7.72. The fourth-order valence-electron chi connectivity index (χ4n) is 3.64. The monoisotopic (exact) mass is 397 g/mol. The Labute approximate surface area is 154 Å². The van der Waals surface area contributed by atoms with Crippen LogP contribution in [0.5, 0.6) is 0 Å². The van der Waals surface area contributed by atoms with Crippen molar-refractivity contribution in [3.63, 3.8) is 0 Å². The van der Waals surface area contributed by atoms with Gasteiger partial charge in [-0.25, -0.2) is 8.42 Å². The molecule has 0 aromatic carbocycles. The maximum Gasteiger partial charge on any atom is 0.234 e. The van der Waals surface area contributed by atoms with Crippen LogP contribution in [0.25, 0.3) is 0 Å². The molecule has 9 heteroatoms. The standard InChI is InChI=1S/C16H19N3O3S3/c1-9-14(10(2)19(18-9)11-4-6-25(21,22)8-11)16-15-12(3-5-23-15)17-13(20)7-24-16/h3,5,11,16H,4,6-8H2,1-2H3,(H,17,20)/t11-,16-/m1/s1. The summed E-state index contributed by atoms with van der Waals surface area (Å²) in [5.74, 6) is 0.804. The summed E-state index contributed by atoms with van der Waals surface area (Å²) in [4.78, 5) is 13.1. The number of thiophene rings is 1. The predicted octanol–water partition coefficient (Wildman–Crippen LogP) is 2.70. The number of rotatable bonds is 2. The topological polar surface area (TPSA) is 81.1 Å². The Morgan fingerprint density at radius 3 is 2.88 bits per heavy atom. The second kappa shape index (κ2) is 6.14. The van der Waals surface area contributed by atoms with Gasteiger partial charge in [0.2, 0.25) is 5.91 Å². The van der Waals surface area contributed by atoms with Crippen molar-refractivity contribution < 1.29 is 13.2 Å². The quantitative estimate of drug-likeness (QED) is 0.843. The van der Waals surface area contributed by atoms with Crippen LogP contribution in [0.15, 0.2) is 11.4 Å². The minimum atomic E-state index is -2.96. The number of hydrogen-bond acceptors (Lipinski definition) is 6. The lowest BCUT2D eigenvalue weighted by atomic mass is 10.1. The van der Waals surface area contributed by atoms with Crippen LogP contribution in [0.4, 0.5) is 5.69 Å². The van der Waals surface area contributed by atoms with Crippen LogP contribution in [-0.4, -0.2) is 41.4 Å². The number of amides is 1. The van der Waals surface area contributed by atoms with E-state index in [2.05, 4.69) is 10.4 Å². The fraction of sp³-hybridized carbons (Fsp3) is 0.500. The number of nitrogens with zero attached hydrogens (tertiary/aromatic N) is 2. The van der Waals surface area contributed by atoms with Crippen molar-refractivity contribution in [2.75, 3.05) is 22.6 Å². The van der Waals surface area contributed by atoms with Gasteiger partial charge < -0.3 is 5.32 Å². The Hall–Kier alpha value is -1.32. The molecule has 2 aromatic rings. The van der Waals surface area contributed by atoms with E-state index in [1.54, 1.807) is 23.1 Å². The summed E-state index contributed by atoms with van der Waals surface area (Å²) >= 11 is 3.24. The van der Waals surface area contributed by atoms with E-state index in [9.17, 15) is 13.2 Å². The molecule has 2 atom stereocenters. The van der Waals surface area contributed by atoms with Crippen molar-refractivity contribution in [3.8, 4) is 0 Å². The molecule has 4 rings (SSSR count). The van der Waals surface area contributed by atoms with Crippen LogP contribution in [0.3, 0.4) is 0 Å². The number of aromatic nitrogens is 2. The number of nitrogens with one attached hydrogen (secondary N) is 1. The Bertz CT molecular complexity index is 945. The molecule has 25 heavy (non-hydrogen) atoms. The van der Waals surface area contributed by atoms with Gasteiger partial charge in [-0.15, -0.1) is 23.1 Å². The van der Waals surface area contributed by atoms with Gasteiger partial charge in [-0.2, -0.15) is 5.10 Å². The Kier molecular flexibility index (Phi) is 4.20. The number of anilines is 1. The number of carbonyl (C=O) groups excluding carboxylic acids is 1. The molecule has 0 unspecified atom stereocenters. The SMILES string of the molecule is Cc1nn([C@@H]2CCS(=O)(=O)C2)c(C)c1[C@H]1SCC(=O)Nc2ccsc21. The third-order valence-corrected chi connectivity index (χ3v) is 8.90. The molecule has 4 heterocycles. The number of aryl methyl sites for hydroxylation is 1. The van der Waals surface area contributed by atoms with Gasteiger partial charge in [-0.05, 0) is 31.7 Å². The van der Waals surface area contributed by atoms with Crippen LogP contribution in [0.1, 0.15) is 39.5 Å². The highest BCUT2D eigenvalue weighted by atomic mass is 32.2. The lowest BCUT2D eigenvalue weighted by Crippen LogP contribution is -2.14. The highest BCUT2D eigenvalue weighted by Crippen LogP contribution is 2.46. The van der Waals surface area contributed by atoms with Crippen molar-refractivity contribution in [1.29, 1.82) is 0 Å². The number of thioether (sulfide) groups is 1. The van der Waals surface area contributed by atoms with Crippen molar-refractivity contribution in [2.45, 2.75) is 31.6 Å². The minimum Gasteiger partial charge on any atom is -0.324 e. The zero-order valence-electron chi connectivity index (χ0n) is 14.0.